The van der Waals surface area contributed by atoms with E-state index in [1.807, 2.05) is 32.0 Å². The number of hydrogen-bond acceptors (Lipinski definition) is 7. The van der Waals surface area contributed by atoms with Crippen molar-refractivity contribution in [1.29, 1.82) is 0 Å². The van der Waals surface area contributed by atoms with Crippen molar-refractivity contribution in [1.82, 2.24) is 9.78 Å². The van der Waals surface area contributed by atoms with E-state index in [0.29, 0.717) is 16.9 Å². The molecule has 1 fully saturated rings. The molecular weight excluding hydrogens is 486 g/mol. The van der Waals surface area contributed by atoms with E-state index in [4.69, 9.17) is 0 Å². The molecule has 2 amide bonds. The maximum atomic E-state index is 13.3. The number of aromatic nitrogens is 2. The molecule has 1 atom stereocenters. The molecule has 0 saturated carbocycles. The number of amides is 2. The molecule has 0 bridgehead atoms. The highest BCUT2D eigenvalue weighted by atomic mass is 32.2. The summed E-state index contributed by atoms with van der Waals surface area (Å²) in [4.78, 5) is 38.1. The van der Waals surface area contributed by atoms with Gasteiger partial charge in [-0.25, -0.2) is 13.1 Å². The Bertz CT molecular complexity index is 1530. The fourth-order valence-corrected chi connectivity index (χ4v) is 6.01. The lowest BCUT2D eigenvalue weighted by molar-refractivity contribution is -0.384. The van der Waals surface area contributed by atoms with Gasteiger partial charge in [-0.2, -0.15) is 5.10 Å². The lowest BCUT2D eigenvalue weighted by Crippen LogP contribution is -2.29. The number of sulfone groups is 1. The van der Waals surface area contributed by atoms with Crippen molar-refractivity contribution in [3.63, 3.8) is 0 Å². The summed E-state index contributed by atoms with van der Waals surface area (Å²) in [6, 6.07) is 11.3. The predicted octanol–water partition coefficient (Wildman–Crippen LogP) is 2.82. The zero-order valence-corrected chi connectivity index (χ0v) is 20.4. The number of nitrogens with one attached hydrogen (secondary N) is 1. The Hall–Kier alpha value is -4.06. The van der Waals surface area contributed by atoms with Crippen molar-refractivity contribution >= 4 is 38.8 Å². The Morgan fingerprint density at radius 3 is 2.44 bits per heavy atom. The van der Waals surface area contributed by atoms with E-state index in [1.54, 1.807) is 4.90 Å². The van der Waals surface area contributed by atoms with Gasteiger partial charge in [0.15, 0.2) is 9.84 Å². The van der Waals surface area contributed by atoms with Gasteiger partial charge in [0.1, 0.15) is 5.82 Å². The first-order valence-electron chi connectivity index (χ1n) is 11.3. The quantitative estimate of drug-likeness (QED) is 0.411. The number of anilines is 2. The maximum absolute atomic E-state index is 13.3. The van der Waals surface area contributed by atoms with E-state index in [1.165, 1.54) is 28.9 Å². The third-order valence-corrected chi connectivity index (χ3v) is 8.07. The molecule has 2 aliphatic heterocycles. The first kappa shape index (κ1) is 23.7. The van der Waals surface area contributed by atoms with Gasteiger partial charge >= 0.3 is 0 Å². The van der Waals surface area contributed by atoms with Crippen LogP contribution in [0.25, 0.3) is 5.69 Å². The first-order chi connectivity index (χ1) is 17.0. The number of hydrogen-bond donors (Lipinski definition) is 1. The highest BCUT2D eigenvalue weighted by Gasteiger charge is 2.38. The third-order valence-electron chi connectivity index (χ3n) is 6.63. The Morgan fingerprint density at radius 1 is 1.08 bits per heavy atom. The summed E-state index contributed by atoms with van der Waals surface area (Å²) in [6.07, 6.45) is 0.0188. The number of carbonyl (C=O) groups is 2. The summed E-state index contributed by atoms with van der Waals surface area (Å²) in [5.41, 5.74) is 3.89. The van der Waals surface area contributed by atoms with Gasteiger partial charge in [-0.3, -0.25) is 19.7 Å². The monoisotopic (exact) mass is 509 g/mol. The van der Waals surface area contributed by atoms with Crippen molar-refractivity contribution in [2.75, 3.05) is 16.8 Å². The summed E-state index contributed by atoms with van der Waals surface area (Å²) in [5, 5.41) is 18.2. The smallest absolute Gasteiger partial charge is 0.269 e. The SMILES string of the molecule is Cc1ccc(N2CC(C(=O)Nc3c4c(nn3-c3ccc([N+](=O)[O-])cc3)CS(=O)(=O)C4)CC2=O)cc1C. The molecule has 5 rings (SSSR count). The minimum atomic E-state index is -3.40. The summed E-state index contributed by atoms with van der Waals surface area (Å²) in [6.45, 7) is 4.13. The number of nitrogens with zero attached hydrogens (tertiary/aromatic N) is 4. The number of benzene rings is 2. The number of fused-ring (bicyclic) bond motifs is 1. The van der Waals surface area contributed by atoms with Crippen LogP contribution in [-0.4, -0.2) is 41.5 Å². The van der Waals surface area contributed by atoms with Crippen LogP contribution >= 0.6 is 0 Å². The molecule has 11 nitrogen and oxygen atoms in total. The van der Waals surface area contributed by atoms with E-state index >= 15 is 0 Å². The zero-order chi connectivity index (χ0) is 25.8. The number of carbonyl (C=O) groups excluding carboxylic acids is 2. The number of nitro benzene ring substituents is 1. The lowest BCUT2D eigenvalue weighted by Gasteiger charge is -2.18. The van der Waals surface area contributed by atoms with Crippen LogP contribution in [0.2, 0.25) is 0 Å². The highest BCUT2D eigenvalue weighted by molar-refractivity contribution is 7.90. The average molecular weight is 510 g/mol. The van der Waals surface area contributed by atoms with Gasteiger partial charge in [-0.15, -0.1) is 0 Å². The third kappa shape index (κ3) is 4.24. The number of aryl methyl sites for hydroxylation is 2. The second-order valence-electron chi connectivity index (χ2n) is 9.15. The van der Waals surface area contributed by atoms with Gasteiger partial charge in [0, 0.05) is 36.3 Å². The Labute approximate surface area is 206 Å². The minimum Gasteiger partial charge on any atom is -0.312 e. The molecule has 1 N–H and O–H groups in total. The molecular formula is C24H23N5O6S. The Balaban J connectivity index is 1.43. The van der Waals surface area contributed by atoms with Gasteiger partial charge in [0.2, 0.25) is 11.8 Å². The Morgan fingerprint density at radius 2 is 1.78 bits per heavy atom. The van der Waals surface area contributed by atoms with Gasteiger partial charge in [-0.1, -0.05) is 6.07 Å². The van der Waals surface area contributed by atoms with Crippen LogP contribution in [0.1, 0.15) is 28.8 Å². The molecule has 3 aromatic rings. The fraction of sp³-hybridized carbons (Fsp3) is 0.292. The topological polar surface area (TPSA) is 145 Å². The van der Waals surface area contributed by atoms with Crippen molar-refractivity contribution < 1.29 is 22.9 Å². The second kappa shape index (κ2) is 8.55. The van der Waals surface area contributed by atoms with Crippen molar-refractivity contribution in [3.05, 3.63) is 75.0 Å². The van der Waals surface area contributed by atoms with Crippen molar-refractivity contribution in [3.8, 4) is 5.69 Å². The number of nitro groups is 1. The van der Waals surface area contributed by atoms with Crippen LogP contribution in [0.4, 0.5) is 17.2 Å². The molecule has 1 saturated heterocycles. The molecule has 0 radical (unpaired) electrons. The zero-order valence-electron chi connectivity index (χ0n) is 19.6. The summed E-state index contributed by atoms with van der Waals surface area (Å²) < 4.78 is 25.8. The molecule has 186 valence electrons. The minimum absolute atomic E-state index is 0.0188. The Kier molecular flexibility index (Phi) is 5.62. The van der Waals surface area contributed by atoms with Crippen LogP contribution in [0.5, 0.6) is 0 Å². The van der Waals surface area contributed by atoms with Crippen LogP contribution < -0.4 is 10.2 Å². The van der Waals surface area contributed by atoms with E-state index < -0.39 is 26.6 Å². The molecule has 0 spiro atoms. The normalized spacial score (nSPS) is 18.3. The largest absolute Gasteiger partial charge is 0.312 e. The van der Waals surface area contributed by atoms with Crippen LogP contribution in [-0.2, 0) is 30.9 Å². The molecule has 3 heterocycles. The number of rotatable bonds is 5. The maximum Gasteiger partial charge on any atom is 0.269 e. The van der Waals surface area contributed by atoms with Crippen molar-refractivity contribution in [2.45, 2.75) is 31.8 Å². The lowest BCUT2D eigenvalue weighted by atomic mass is 10.1. The van der Waals surface area contributed by atoms with Gasteiger partial charge < -0.3 is 10.2 Å². The van der Waals surface area contributed by atoms with Gasteiger partial charge in [0.05, 0.1) is 33.7 Å². The molecule has 12 heteroatoms. The second-order valence-corrected chi connectivity index (χ2v) is 11.2. The van der Waals surface area contributed by atoms with Crippen LogP contribution in [0.15, 0.2) is 42.5 Å². The summed E-state index contributed by atoms with van der Waals surface area (Å²) in [7, 11) is -3.40. The standard InChI is InChI=1S/C24H23N5O6S/c1-14-3-4-19(9-15(14)2)27-11-16(10-22(27)30)24(31)25-23-20-12-36(34,35)13-21(20)26-28(23)17-5-7-18(8-6-17)29(32)33/h3-9,16H,10-13H2,1-2H3,(H,25,31). The molecule has 1 unspecified atom stereocenters. The van der Waals surface area contributed by atoms with Crippen molar-refractivity contribution in [2.24, 2.45) is 5.92 Å². The van der Waals surface area contributed by atoms with Gasteiger partial charge in [-0.05, 0) is 49.2 Å². The number of non-ortho nitro benzene ring substituents is 1. The molecule has 36 heavy (non-hydrogen) atoms. The van der Waals surface area contributed by atoms with E-state index in [2.05, 4.69) is 10.4 Å². The first-order valence-corrected chi connectivity index (χ1v) is 13.1. The molecule has 2 aliphatic rings. The highest BCUT2D eigenvalue weighted by Crippen LogP contribution is 2.34. The van der Waals surface area contributed by atoms with E-state index in [0.717, 1.165) is 16.8 Å². The predicted molar refractivity (Wildman–Crippen MR) is 132 cm³/mol. The summed E-state index contributed by atoms with van der Waals surface area (Å²) in [5.74, 6) is -1.58. The van der Waals surface area contributed by atoms with E-state index in [-0.39, 0.29) is 41.9 Å². The van der Waals surface area contributed by atoms with Gasteiger partial charge in [0.25, 0.3) is 5.69 Å². The van der Waals surface area contributed by atoms with Crippen LogP contribution in [0.3, 0.4) is 0 Å². The fourth-order valence-electron chi connectivity index (χ4n) is 4.52. The molecule has 2 aromatic carbocycles. The van der Waals surface area contributed by atoms with E-state index in [9.17, 15) is 28.1 Å². The molecule has 0 aliphatic carbocycles. The summed E-state index contributed by atoms with van der Waals surface area (Å²) >= 11 is 0. The van der Waals surface area contributed by atoms with Crippen LogP contribution in [0, 0.1) is 29.9 Å². The molecule has 1 aromatic heterocycles. The average Bonchev–Trinajstić information content (AvgIpc) is 3.46.